The number of hydrogen-bond donors (Lipinski definition) is 1. The summed E-state index contributed by atoms with van der Waals surface area (Å²) in [4.78, 5) is 8.27. The van der Waals surface area contributed by atoms with Gasteiger partial charge in [-0.1, -0.05) is 164 Å². The number of aromatic nitrogens is 1. The summed E-state index contributed by atoms with van der Waals surface area (Å²) < 4.78 is 2.47. The summed E-state index contributed by atoms with van der Waals surface area (Å²) in [6, 6.07) is 44.0. The van der Waals surface area contributed by atoms with E-state index in [1.54, 1.807) is 0 Å². The molecule has 1 aromatic heterocycles. The molecule has 0 radical (unpaired) electrons. The summed E-state index contributed by atoms with van der Waals surface area (Å²) in [5.74, 6) is 0.301. The lowest BCUT2D eigenvalue weighted by Gasteiger charge is -2.35. The average molecular weight is 799 g/mol. The molecule has 1 unspecified atom stereocenters. The fraction of sp³-hybridized carbons (Fsp3) is 0.155. The Morgan fingerprint density at radius 1 is 0.581 bits per heavy atom. The van der Waals surface area contributed by atoms with Crippen molar-refractivity contribution in [2.24, 2.45) is 4.99 Å². The number of benzene rings is 6. The number of allylic oxidation sites excluding steroid dienone is 8. The molecule has 3 heterocycles. The lowest BCUT2D eigenvalue weighted by molar-refractivity contribution is 0.465. The van der Waals surface area contributed by atoms with E-state index in [1.807, 2.05) is 0 Å². The topological polar surface area (TPSA) is 32.6 Å². The lowest BCUT2D eigenvalue weighted by Crippen LogP contribution is -2.40. The van der Waals surface area contributed by atoms with E-state index in [4.69, 9.17) is 4.99 Å². The summed E-state index contributed by atoms with van der Waals surface area (Å²) in [5, 5.41) is 10.4. The molecule has 4 heteroatoms. The Morgan fingerprint density at radius 2 is 1.32 bits per heavy atom. The van der Waals surface area contributed by atoms with Crippen molar-refractivity contribution in [3.63, 3.8) is 0 Å². The van der Waals surface area contributed by atoms with Crippen molar-refractivity contribution in [1.29, 1.82) is 0 Å². The predicted octanol–water partition coefficient (Wildman–Crippen LogP) is 13.7. The van der Waals surface area contributed by atoms with Gasteiger partial charge in [-0.25, -0.2) is 4.99 Å². The smallest absolute Gasteiger partial charge is 0.201 e. The summed E-state index contributed by atoms with van der Waals surface area (Å²) >= 11 is 0. The number of rotatable bonds is 5. The maximum atomic E-state index is 5.57. The fourth-order valence-electron chi connectivity index (χ4n) is 11.5. The molecule has 0 fully saturated rings. The van der Waals surface area contributed by atoms with Crippen LogP contribution in [-0.2, 0) is 6.42 Å². The van der Waals surface area contributed by atoms with E-state index >= 15 is 0 Å². The molecule has 4 atom stereocenters. The molecule has 0 amide bonds. The highest BCUT2D eigenvalue weighted by atomic mass is 15.3. The molecule has 6 aliphatic rings. The van der Waals surface area contributed by atoms with E-state index in [1.165, 1.54) is 94.0 Å². The van der Waals surface area contributed by atoms with E-state index in [9.17, 15) is 0 Å². The van der Waals surface area contributed by atoms with Gasteiger partial charge >= 0.3 is 0 Å². The third kappa shape index (κ3) is 5.42. The first-order valence-corrected chi connectivity index (χ1v) is 22.5. The molecule has 4 nitrogen and oxygen atoms in total. The lowest BCUT2D eigenvalue weighted by atomic mass is 9.85. The molecule has 4 aliphatic carbocycles. The molecular weight excluding hydrogens is 753 g/mol. The van der Waals surface area contributed by atoms with Crippen LogP contribution in [0.15, 0.2) is 198 Å². The van der Waals surface area contributed by atoms with Crippen LogP contribution < -0.4 is 10.2 Å². The first kappa shape index (κ1) is 35.6. The van der Waals surface area contributed by atoms with Crippen LogP contribution in [0.3, 0.4) is 0 Å². The Kier molecular flexibility index (Phi) is 8.15. The Morgan fingerprint density at radius 3 is 2.18 bits per heavy atom. The second kappa shape index (κ2) is 14.2. The van der Waals surface area contributed by atoms with Gasteiger partial charge in [-0.05, 0) is 106 Å². The van der Waals surface area contributed by atoms with Crippen molar-refractivity contribution in [3.05, 3.63) is 216 Å². The normalized spacial score (nSPS) is 21.9. The molecule has 298 valence electrons. The zero-order valence-corrected chi connectivity index (χ0v) is 34.6. The van der Waals surface area contributed by atoms with Crippen molar-refractivity contribution in [3.8, 4) is 22.3 Å². The molecule has 0 saturated heterocycles. The van der Waals surface area contributed by atoms with Gasteiger partial charge in [0.1, 0.15) is 0 Å². The van der Waals surface area contributed by atoms with Gasteiger partial charge in [0.05, 0.1) is 23.3 Å². The molecule has 0 bridgehead atoms. The quantitative estimate of drug-likeness (QED) is 0.188. The first-order valence-electron chi connectivity index (χ1n) is 22.5. The van der Waals surface area contributed by atoms with Crippen molar-refractivity contribution in [1.82, 2.24) is 9.88 Å². The van der Waals surface area contributed by atoms with Crippen LogP contribution in [0.4, 0.5) is 5.69 Å². The number of aliphatic imine (C=N–C) groups is 1. The van der Waals surface area contributed by atoms with Crippen molar-refractivity contribution in [2.45, 2.75) is 56.4 Å². The Hall–Kier alpha value is -7.17. The van der Waals surface area contributed by atoms with E-state index in [0.29, 0.717) is 18.0 Å². The van der Waals surface area contributed by atoms with Gasteiger partial charge < -0.3 is 14.8 Å². The summed E-state index contributed by atoms with van der Waals surface area (Å²) in [5.41, 5.74) is 16.5. The number of fused-ring (bicyclic) bond motifs is 9. The predicted molar refractivity (Wildman–Crippen MR) is 260 cm³/mol. The van der Waals surface area contributed by atoms with Crippen LogP contribution in [0.25, 0.3) is 60.8 Å². The molecular formula is C58H46N4. The number of anilines is 1. The monoisotopic (exact) mass is 798 g/mol. The maximum Gasteiger partial charge on any atom is 0.201 e. The van der Waals surface area contributed by atoms with Crippen LogP contribution in [0.1, 0.15) is 60.3 Å². The van der Waals surface area contributed by atoms with E-state index in [2.05, 4.69) is 203 Å². The summed E-state index contributed by atoms with van der Waals surface area (Å²) in [7, 11) is 0. The Balaban J connectivity index is 0.972. The summed E-state index contributed by atoms with van der Waals surface area (Å²) in [6.45, 7) is 0. The third-order valence-electron chi connectivity index (χ3n) is 14.2. The highest BCUT2D eigenvalue weighted by molar-refractivity contribution is 6.15. The van der Waals surface area contributed by atoms with E-state index in [0.717, 1.165) is 37.8 Å². The maximum absolute atomic E-state index is 5.57. The Bertz CT molecular complexity index is 3270. The van der Waals surface area contributed by atoms with Crippen LogP contribution in [0.2, 0.25) is 0 Å². The van der Waals surface area contributed by atoms with Crippen LogP contribution in [0.5, 0.6) is 0 Å². The van der Waals surface area contributed by atoms with Gasteiger partial charge in [-0.3, -0.25) is 0 Å². The zero-order valence-electron chi connectivity index (χ0n) is 34.6. The van der Waals surface area contributed by atoms with Gasteiger partial charge in [0.15, 0.2) is 0 Å². The molecule has 0 saturated carbocycles. The van der Waals surface area contributed by atoms with Crippen molar-refractivity contribution in [2.75, 3.05) is 4.90 Å². The van der Waals surface area contributed by atoms with Crippen LogP contribution >= 0.6 is 0 Å². The van der Waals surface area contributed by atoms with Crippen LogP contribution in [0, 0.1) is 0 Å². The van der Waals surface area contributed by atoms with Gasteiger partial charge in [-0.15, -0.1) is 0 Å². The molecule has 13 rings (SSSR count). The number of hydrogen-bond acceptors (Lipinski definition) is 3. The number of aryl methyl sites for hydroxylation is 1. The van der Waals surface area contributed by atoms with Gasteiger partial charge in [0.2, 0.25) is 6.29 Å². The fourth-order valence-corrected chi connectivity index (χ4v) is 11.5. The van der Waals surface area contributed by atoms with Crippen molar-refractivity contribution >= 4 is 49.9 Å². The summed E-state index contributed by atoms with van der Waals surface area (Å²) in [6.07, 6.45) is 32.5. The SMILES string of the molecule is C1=CC[C@@H](N2c3c(cc(-c4ccc(-c5ccc6c7c(n([C@@H]8N=C(c9ccccc9)C9=C(C=CCC9)N8)c6c5)C=CCC7)c5ccccc45)c4ccccc34)[C@@H]3C=CC=CC32)C=C1. The standard InChI is InChI=1S/C58H46N4/c1-3-17-37(18-4-1)56-49-27-11-14-28-52(49)59-58(60-56)62-54-30-16-12-24-45(54)47-32-31-38(35-55(47)62)40-33-34-44(42-22-8-7-21-41(40)42)50-36-51-46-25-13-15-29-53(46)61(39-19-5-2-6-20-39)57(51)48-26-10-9-23-43(48)50/h1-10,13-19,21-23,25-26,28-36,39,46,53,58-59H,11-12,20,24,27H2/t39-,46-,53?,58-/m0/s1. The molecule has 6 aromatic carbocycles. The minimum absolute atomic E-state index is 0.279. The van der Waals surface area contributed by atoms with Gasteiger partial charge in [0.25, 0.3) is 0 Å². The van der Waals surface area contributed by atoms with Gasteiger partial charge in [0, 0.05) is 44.9 Å². The minimum Gasteiger partial charge on any atom is -0.357 e. The molecule has 7 aromatic rings. The zero-order chi connectivity index (χ0) is 40.7. The molecule has 1 N–H and O–H groups in total. The van der Waals surface area contributed by atoms with Gasteiger partial charge in [-0.2, -0.15) is 0 Å². The highest BCUT2D eigenvalue weighted by Crippen LogP contribution is 2.52. The highest BCUT2D eigenvalue weighted by Gasteiger charge is 2.41. The second-order valence-electron chi connectivity index (χ2n) is 17.5. The Labute approximate surface area is 362 Å². The second-order valence-corrected chi connectivity index (χ2v) is 17.5. The number of nitrogens with one attached hydrogen (secondary N) is 1. The molecule has 2 aliphatic heterocycles. The largest absolute Gasteiger partial charge is 0.357 e. The van der Waals surface area contributed by atoms with Crippen LogP contribution in [-0.4, -0.2) is 22.4 Å². The number of nitrogens with zero attached hydrogens (tertiary/aromatic N) is 3. The van der Waals surface area contributed by atoms with Crippen molar-refractivity contribution < 1.29 is 0 Å². The minimum atomic E-state index is -0.279. The average Bonchev–Trinajstić information content (AvgIpc) is 3.86. The molecule has 0 spiro atoms. The molecule has 62 heavy (non-hydrogen) atoms. The van der Waals surface area contributed by atoms with E-state index < -0.39 is 0 Å². The third-order valence-corrected chi connectivity index (χ3v) is 14.2. The van der Waals surface area contributed by atoms with E-state index in [-0.39, 0.29) is 6.29 Å². The first-order chi connectivity index (χ1) is 30.8.